The van der Waals surface area contributed by atoms with Crippen molar-refractivity contribution in [1.82, 2.24) is 4.98 Å². The predicted molar refractivity (Wildman–Crippen MR) is 84.8 cm³/mol. The maximum atomic E-state index is 11.1. The molecule has 4 nitrogen and oxygen atoms in total. The van der Waals surface area contributed by atoms with Gasteiger partial charge in [-0.25, -0.2) is 9.78 Å². The lowest BCUT2D eigenvalue weighted by Gasteiger charge is -2.45. The number of aromatic carboxylic acids is 1. The first kappa shape index (κ1) is 15.8. The molecule has 1 aromatic heterocycles. The third kappa shape index (κ3) is 4.19. The molecule has 0 aliphatic heterocycles. The van der Waals surface area contributed by atoms with Crippen molar-refractivity contribution in [3.63, 3.8) is 0 Å². The molecule has 0 bridgehead atoms. The molecule has 21 heavy (non-hydrogen) atoms. The van der Waals surface area contributed by atoms with E-state index in [0.717, 1.165) is 18.5 Å². The van der Waals surface area contributed by atoms with E-state index < -0.39 is 5.97 Å². The van der Waals surface area contributed by atoms with E-state index in [9.17, 15) is 4.79 Å². The van der Waals surface area contributed by atoms with Crippen LogP contribution in [0.3, 0.4) is 0 Å². The molecule has 0 radical (unpaired) electrons. The summed E-state index contributed by atoms with van der Waals surface area (Å²) >= 11 is 0. The van der Waals surface area contributed by atoms with Crippen molar-refractivity contribution in [3.05, 3.63) is 23.4 Å². The number of hydrogen-bond acceptors (Lipinski definition) is 3. The number of nitrogens with one attached hydrogen (secondary N) is 1. The van der Waals surface area contributed by atoms with Gasteiger partial charge in [-0.3, -0.25) is 0 Å². The zero-order valence-electron chi connectivity index (χ0n) is 13.7. The van der Waals surface area contributed by atoms with E-state index in [0.29, 0.717) is 28.3 Å². The van der Waals surface area contributed by atoms with E-state index in [-0.39, 0.29) is 0 Å². The molecule has 4 heteroatoms. The van der Waals surface area contributed by atoms with Crippen molar-refractivity contribution in [2.45, 2.75) is 59.9 Å². The number of hydrogen-bond donors (Lipinski definition) is 2. The molecule has 1 saturated carbocycles. The molecule has 1 aliphatic carbocycles. The highest BCUT2D eigenvalue weighted by atomic mass is 16.4. The Hall–Kier alpha value is -1.58. The normalized spacial score (nSPS) is 21.0. The quantitative estimate of drug-likeness (QED) is 0.879. The molecule has 0 atom stereocenters. The molecule has 0 spiro atoms. The van der Waals surface area contributed by atoms with Gasteiger partial charge in [-0.15, -0.1) is 0 Å². The lowest BCUT2D eigenvalue weighted by Crippen LogP contribution is -2.40. The van der Waals surface area contributed by atoms with Crippen molar-refractivity contribution in [2.75, 3.05) is 5.32 Å². The predicted octanol–water partition coefficient (Wildman–Crippen LogP) is 4.11. The Morgan fingerprint density at radius 2 is 1.81 bits per heavy atom. The molecule has 2 N–H and O–H groups in total. The van der Waals surface area contributed by atoms with Crippen LogP contribution >= 0.6 is 0 Å². The fourth-order valence-electron chi connectivity index (χ4n) is 4.02. The summed E-state index contributed by atoms with van der Waals surface area (Å²) in [4.78, 5) is 15.6. The number of aromatic nitrogens is 1. The number of carboxylic acid groups (broad SMARTS) is 1. The molecule has 1 heterocycles. The van der Waals surface area contributed by atoms with Crippen LogP contribution in [0.1, 0.15) is 63.0 Å². The molecule has 0 saturated heterocycles. The van der Waals surface area contributed by atoms with Crippen LogP contribution in [0.25, 0.3) is 0 Å². The second-order valence-electron chi connectivity index (χ2n) is 7.94. The van der Waals surface area contributed by atoms with Crippen LogP contribution < -0.4 is 5.32 Å². The van der Waals surface area contributed by atoms with E-state index >= 15 is 0 Å². The van der Waals surface area contributed by atoms with Crippen molar-refractivity contribution in [1.29, 1.82) is 0 Å². The van der Waals surface area contributed by atoms with Gasteiger partial charge in [0.2, 0.25) is 0 Å². The van der Waals surface area contributed by atoms with Gasteiger partial charge in [0.1, 0.15) is 5.82 Å². The van der Waals surface area contributed by atoms with E-state index in [1.54, 1.807) is 12.1 Å². The topological polar surface area (TPSA) is 62.2 Å². The Morgan fingerprint density at radius 3 is 2.33 bits per heavy atom. The average Bonchev–Trinajstić information content (AvgIpc) is 2.22. The molecule has 0 amide bonds. The Morgan fingerprint density at radius 1 is 1.24 bits per heavy atom. The van der Waals surface area contributed by atoms with Crippen molar-refractivity contribution in [2.24, 2.45) is 10.8 Å². The number of nitrogens with zero attached hydrogens (tertiary/aromatic N) is 1. The largest absolute Gasteiger partial charge is 0.478 e. The van der Waals surface area contributed by atoms with Gasteiger partial charge in [0.25, 0.3) is 0 Å². The minimum atomic E-state index is -0.909. The van der Waals surface area contributed by atoms with Crippen LogP contribution in [-0.2, 0) is 0 Å². The standard InChI is InChI=1S/C17H26N2O2/c1-11-6-12(15(20)21)7-14(18-11)19-13-8-16(2,3)10-17(4,5)9-13/h6-7,13H,8-10H2,1-5H3,(H,18,19)(H,20,21). The third-order valence-electron chi connectivity index (χ3n) is 4.11. The first-order chi connectivity index (χ1) is 9.56. The van der Waals surface area contributed by atoms with Crippen molar-refractivity contribution in [3.8, 4) is 0 Å². The summed E-state index contributed by atoms with van der Waals surface area (Å²) in [5.74, 6) is -0.237. The van der Waals surface area contributed by atoms with Gasteiger partial charge in [0.05, 0.1) is 5.56 Å². The van der Waals surface area contributed by atoms with Gasteiger partial charge < -0.3 is 10.4 Å². The van der Waals surface area contributed by atoms with Gasteiger partial charge >= 0.3 is 5.97 Å². The molecular formula is C17H26N2O2. The van der Waals surface area contributed by atoms with E-state index in [1.165, 1.54) is 6.42 Å². The van der Waals surface area contributed by atoms with Crippen LogP contribution in [0, 0.1) is 17.8 Å². The zero-order chi connectivity index (χ0) is 15.8. The molecule has 116 valence electrons. The minimum Gasteiger partial charge on any atom is -0.478 e. The van der Waals surface area contributed by atoms with Gasteiger partial charge in [0, 0.05) is 11.7 Å². The number of aryl methyl sites for hydroxylation is 1. The molecule has 1 aromatic rings. The fraction of sp³-hybridized carbons (Fsp3) is 0.647. The summed E-state index contributed by atoms with van der Waals surface area (Å²) < 4.78 is 0. The van der Waals surface area contributed by atoms with E-state index in [4.69, 9.17) is 5.11 Å². The number of pyridine rings is 1. The maximum Gasteiger partial charge on any atom is 0.335 e. The van der Waals surface area contributed by atoms with Gasteiger partial charge in [-0.05, 0) is 49.1 Å². The maximum absolute atomic E-state index is 11.1. The summed E-state index contributed by atoms with van der Waals surface area (Å²) in [5.41, 5.74) is 1.60. The van der Waals surface area contributed by atoms with E-state index in [1.807, 2.05) is 6.92 Å². The fourth-order valence-corrected chi connectivity index (χ4v) is 4.02. The van der Waals surface area contributed by atoms with Crippen LogP contribution in [-0.4, -0.2) is 22.1 Å². The highest BCUT2D eigenvalue weighted by Gasteiger charge is 2.38. The first-order valence-electron chi connectivity index (χ1n) is 7.55. The minimum absolute atomic E-state index is 0.291. The van der Waals surface area contributed by atoms with Crippen LogP contribution in [0.2, 0.25) is 0 Å². The van der Waals surface area contributed by atoms with E-state index in [2.05, 4.69) is 38.0 Å². The number of rotatable bonds is 3. The number of anilines is 1. The summed E-state index contributed by atoms with van der Waals surface area (Å²) in [6.45, 7) is 11.0. The molecule has 0 aromatic carbocycles. The molecule has 1 fully saturated rings. The zero-order valence-corrected chi connectivity index (χ0v) is 13.7. The lowest BCUT2D eigenvalue weighted by molar-refractivity contribution is 0.0696. The lowest BCUT2D eigenvalue weighted by atomic mass is 9.63. The third-order valence-corrected chi connectivity index (χ3v) is 4.11. The van der Waals surface area contributed by atoms with Crippen molar-refractivity contribution >= 4 is 11.8 Å². The summed E-state index contributed by atoms with van der Waals surface area (Å²) in [6, 6.07) is 3.56. The highest BCUT2D eigenvalue weighted by molar-refractivity contribution is 5.88. The number of carbonyl (C=O) groups is 1. The summed E-state index contributed by atoms with van der Waals surface area (Å²) in [5, 5.41) is 12.6. The summed E-state index contributed by atoms with van der Waals surface area (Å²) in [7, 11) is 0. The van der Waals surface area contributed by atoms with Gasteiger partial charge in [0.15, 0.2) is 0 Å². The average molecular weight is 290 g/mol. The van der Waals surface area contributed by atoms with Crippen LogP contribution in [0.15, 0.2) is 12.1 Å². The second kappa shape index (κ2) is 5.32. The highest BCUT2D eigenvalue weighted by Crippen LogP contribution is 2.46. The SMILES string of the molecule is Cc1cc(C(=O)O)cc(NC2CC(C)(C)CC(C)(C)C2)n1. The Balaban J connectivity index is 2.19. The summed E-state index contributed by atoms with van der Waals surface area (Å²) in [6.07, 6.45) is 3.36. The molecule has 2 rings (SSSR count). The van der Waals surface area contributed by atoms with Crippen LogP contribution in [0.4, 0.5) is 5.82 Å². The first-order valence-corrected chi connectivity index (χ1v) is 7.55. The Kier molecular flexibility index (Phi) is 4.00. The number of carboxylic acids is 1. The molecular weight excluding hydrogens is 264 g/mol. The van der Waals surface area contributed by atoms with Gasteiger partial charge in [-0.1, -0.05) is 27.7 Å². The Labute approximate surface area is 127 Å². The second-order valence-corrected chi connectivity index (χ2v) is 7.94. The molecule has 0 unspecified atom stereocenters. The molecule has 1 aliphatic rings. The Bertz CT molecular complexity index is 534. The monoisotopic (exact) mass is 290 g/mol. The smallest absolute Gasteiger partial charge is 0.335 e. The van der Waals surface area contributed by atoms with Crippen molar-refractivity contribution < 1.29 is 9.90 Å². The van der Waals surface area contributed by atoms with Crippen LogP contribution in [0.5, 0.6) is 0 Å². The van der Waals surface area contributed by atoms with Gasteiger partial charge in [-0.2, -0.15) is 0 Å².